The van der Waals surface area contributed by atoms with E-state index in [1.54, 1.807) is 0 Å². The lowest BCUT2D eigenvalue weighted by molar-refractivity contribution is 1.29. The number of rotatable bonds is 0. The third kappa shape index (κ3) is 1.36. The molecule has 4 aromatic rings. The Balaban J connectivity index is 2.36. The minimum Gasteiger partial charge on any atom is -0.292 e. The first-order chi connectivity index (χ1) is 9.78. The zero-order valence-corrected chi connectivity index (χ0v) is 11.0. The molecular weight excluding hydrogens is 246 g/mol. The number of imidazole rings is 1. The molecule has 0 saturated heterocycles. The molecule has 0 aliphatic heterocycles. The summed E-state index contributed by atoms with van der Waals surface area (Å²) in [6.45, 7) is 2.07. The number of nitrogens with zero attached hydrogens (tertiary/aromatic N) is 3. The van der Waals surface area contributed by atoms with Crippen molar-refractivity contribution in [2.45, 2.75) is 6.92 Å². The molecular formula is C17H11N3. The van der Waals surface area contributed by atoms with Crippen LogP contribution in [0.15, 0.2) is 48.5 Å². The Morgan fingerprint density at radius 2 is 1.90 bits per heavy atom. The lowest BCUT2D eigenvalue weighted by Crippen LogP contribution is -1.91. The zero-order chi connectivity index (χ0) is 13.7. The van der Waals surface area contributed by atoms with Gasteiger partial charge in [0.15, 0.2) is 0 Å². The molecule has 0 atom stereocenters. The number of pyridine rings is 1. The van der Waals surface area contributed by atoms with Crippen LogP contribution in [0, 0.1) is 18.3 Å². The SMILES string of the molecule is Cc1ccc2nc3cc(C#N)c4ccccc4n3c2c1. The molecule has 2 aromatic carbocycles. The first-order valence-electron chi connectivity index (χ1n) is 6.48. The lowest BCUT2D eigenvalue weighted by Gasteiger charge is -2.05. The summed E-state index contributed by atoms with van der Waals surface area (Å²) >= 11 is 0. The maximum atomic E-state index is 9.33. The molecule has 2 heterocycles. The Kier molecular flexibility index (Phi) is 2.10. The van der Waals surface area contributed by atoms with E-state index in [2.05, 4.69) is 34.5 Å². The van der Waals surface area contributed by atoms with Crippen molar-refractivity contribution >= 4 is 27.6 Å². The van der Waals surface area contributed by atoms with Crippen molar-refractivity contribution in [3.63, 3.8) is 0 Å². The fraction of sp³-hybridized carbons (Fsp3) is 0.0588. The molecule has 2 aromatic heterocycles. The fourth-order valence-electron chi connectivity index (χ4n) is 2.75. The molecule has 0 N–H and O–H groups in total. The molecule has 0 aliphatic rings. The molecule has 0 unspecified atom stereocenters. The van der Waals surface area contributed by atoms with Gasteiger partial charge in [0.1, 0.15) is 5.65 Å². The molecule has 0 spiro atoms. The Morgan fingerprint density at radius 1 is 1.05 bits per heavy atom. The molecule has 4 rings (SSSR count). The van der Waals surface area contributed by atoms with Gasteiger partial charge in [-0.2, -0.15) is 5.26 Å². The standard InChI is InChI=1S/C17H11N3/c1-11-6-7-14-16(8-11)20-15-5-3-2-4-13(15)12(10-18)9-17(20)19-14/h2-9H,1H3. The van der Waals surface area contributed by atoms with Crippen LogP contribution in [-0.2, 0) is 0 Å². The Labute approximate surface area is 115 Å². The number of hydrogen-bond donors (Lipinski definition) is 0. The second-order valence-corrected chi connectivity index (χ2v) is 4.98. The van der Waals surface area contributed by atoms with Crippen LogP contribution in [0.25, 0.3) is 27.6 Å². The van der Waals surface area contributed by atoms with E-state index in [0.717, 1.165) is 27.6 Å². The lowest BCUT2D eigenvalue weighted by atomic mass is 10.1. The van der Waals surface area contributed by atoms with Crippen molar-refractivity contribution < 1.29 is 0 Å². The largest absolute Gasteiger partial charge is 0.292 e. The number of aromatic nitrogens is 2. The molecule has 20 heavy (non-hydrogen) atoms. The average Bonchev–Trinajstić information content (AvgIpc) is 2.84. The number of nitriles is 1. The highest BCUT2D eigenvalue weighted by atomic mass is 15.0. The summed E-state index contributed by atoms with van der Waals surface area (Å²) in [5.41, 5.74) is 5.75. The number of benzene rings is 2. The van der Waals surface area contributed by atoms with Crippen LogP contribution in [0.4, 0.5) is 0 Å². The molecule has 0 radical (unpaired) electrons. The fourth-order valence-corrected chi connectivity index (χ4v) is 2.75. The number of hydrogen-bond acceptors (Lipinski definition) is 2. The molecule has 3 nitrogen and oxygen atoms in total. The first kappa shape index (κ1) is 11.0. The highest BCUT2D eigenvalue weighted by Crippen LogP contribution is 2.26. The van der Waals surface area contributed by atoms with E-state index in [9.17, 15) is 5.26 Å². The van der Waals surface area contributed by atoms with Crippen molar-refractivity contribution in [3.05, 3.63) is 59.7 Å². The van der Waals surface area contributed by atoms with Crippen LogP contribution in [-0.4, -0.2) is 9.38 Å². The summed E-state index contributed by atoms with van der Waals surface area (Å²) < 4.78 is 2.12. The normalized spacial score (nSPS) is 11.2. The number of aryl methyl sites for hydroxylation is 1. The third-order valence-corrected chi connectivity index (χ3v) is 3.66. The van der Waals surface area contributed by atoms with Gasteiger partial charge in [0.05, 0.1) is 28.2 Å². The molecule has 3 heteroatoms. The minimum absolute atomic E-state index is 0.667. The molecule has 0 saturated carbocycles. The van der Waals surface area contributed by atoms with E-state index in [1.807, 2.05) is 36.4 Å². The molecule has 94 valence electrons. The van der Waals surface area contributed by atoms with Gasteiger partial charge in [0.2, 0.25) is 0 Å². The van der Waals surface area contributed by atoms with Gasteiger partial charge in [-0.15, -0.1) is 0 Å². The summed E-state index contributed by atoms with van der Waals surface area (Å²) in [5, 5.41) is 10.3. The Morgan fingerprint density at radius 3 is 2.75 bits per heavy atom. The van der Waals surface area contributed by atoms with Gasteiger partial charge >= 0.3 is 0 Å². The van der Waals surface area contributed by atoms with Crippen molar-refractivity contribution in [1.82, 2.24) is 9.38 Å². The summed E-state index contributed by atoms with van der Waals surface area (Å²) in [6, 6.07) is 18.3. The van der Waals surface area contributed by atoms with Crippen molar-refractivity contribution in [1.29, 1.82) is 5.26 Å². The van der Waals surface area contributed by atoms with Crippen molar-refractivity contribution in [2.75, 3.05) is 0 Å². The third-order valence-electron chi connectivity index (χ3n) is 3.66. The van der Waals surface area contributed by atoms with Gasteiger partial charge in [-0.1, -0.05) is 24.3 Å². The summed E-state index contributed by atoms with van der Waals surface area (Å²) in [7, 11) is 0. The van der Waals surface area contributed by atoms with E-state index in [-0.39, 0.29) is 0 Å². The summed E-state index contributed by atoms with van der Waals surface area (Å²) in [4.78, 5) is 4.63. The first-order valence-corrected chi connectivity index (χ1v) is 6.48. The van der Waals surface area contributed by atoms with Crippen LogP contribution >= 0.6 is 0 Å². The second-order valence-electron chi connectivity index (χ2n) is 4.98. The molecule has 0 amide bonds. The number of para-hydroxylation sites is 1. The van der Waals surface area contributed by atoms with E-state index >= 15 is 0 Å². The smallest absolute Gasteiger partial charge is 0.139 e. The van der Waals surface area contributed by atoms with E-state index < -0.39 is 0 Å². The highest BCUT2D eigenvalue weighted by molar-refractivity contribution is 5.94. The molecule has 0 aliphatic carbocycles. The summed E-state index contributed by atoms with van der Waals surface area (Å²) in [6.07, 6.45) is 0. The van der Waals surface area contributed by atoms with Crippen molar-refractivity contribution in [2.24, 2.45) is 0 Å². The van der Waals surface area contributed by atoms with E-state index in [4.69, 9.17) is 0 Å². The Hall–Kier alpha value is -2.86. The van der Waals surface area contributed by atoms with E-state index in [1.165, 1.54) is 5.56 Å². The topological polar surface area (TPSA) is 41.1 Å². The van der Waals surface area contributed by atoms with Gasteiger partial charge in [0, 0.05) is 5.39 Å². The minimum atomic E-state index is 0.667. The van der Waals surface area contributed by atoms with Gasteiger partial charge in [0.25, 0.3) is 0 Å². The van der Waals surface area contributed by atoms with Gasteiger partial charge < -0.3 is 0 Å². The monoisotopic (exact) mass is 257 g/mol. The summed E-state index contributed by atoms with van der Waals surface area (Å²) in [5.74, 6) is 0. The van der Waals surface area contributed by atoms with Crippen LogP contribution in [0.5, 0.6) is 0 Å². The van der Waals surface area contributed by atoms with Crippen molar-refractivity contribution in [3.8, 4) is 6.07 Å². The van der Waals surface area contributed by atoms with Crippen LogP contribution in [0.3, 0.4) is 0 Å². The average molecular weight is 257 g/mol. The van der Waals surface area contributed by atoms with E-state index in [0.29, 0.717) is 5.56 Å². The number of fused-ring (bicyclic) bond motifs is 5. The van der Waals surface area contributed by atoms with Gasteiger partial charge in [-0.25, -0.2) is 4.98 Å². The molecule has 0 bridgehead atoms. The maximum absolute atomic E-state index is 9.33. The predicted octanol–water partition coefficient (Wildman–Crippen LogP) is 3.82. The van der Waals surface area contributed by atoms with Crippen LogP contribution in [0.2, 0.25) is 0 Å². The van der Waals surface area contributed by atoms with Crippen LogP contribution < -0.4 is 0 Å². The predicted molar refractivity (Wildman–Crippen MR) is 79.7 cm³/mol. The molecule has 0 fully saturated rings. The Bertz CT molecular complexity index is 1020. The highest BCUT2D eigenvalue weighted by Gasteiger charge is 2.10. The van der Waals surface area contributed by atoms with Gasteiger partial charge in [-0.05, 0) is 36.8 Å². The van der Waals surface area contributed by atoms with Gasteiger partial charge in [-0.3, -0.25) is 4.40 Å². The van der Waals surface area contributed by atoms with Crippen LogP contribution in [0.1, 0.15) is 11.1 Å². The zero-order valence-electron chi connectivity index (χ0n) is 11.0. The quantitative estimate of drug-likeness (QED) is 0.480. The second kappa shape index (κ2) is 3.82. The maximum Gasteiger partial charge on any atom is 0.139 e.